The monoisotopic (exact) mass is 473 g/mol. The number of hydrogen-bond acceptors (Lipinski definition) is 3. The van der Waals surface area contributed by atoms with Crippen molar-refractivity contribution in [1.82, 2.24) is 20.2 Å². The molecule has 0 bridgehead atoms. The second kappa shape index (κ2) is 12.9. The van der Waals surface area contributed by atoms with Gasteiger partial charge in [-0.1, -0.05) is 25.5 Å². The third-order valence-corrected chi connectivity index (χ3v) is 4.10. The highest BCUT2D eigenvalue weighted by atomic mass is 127. The molecule has 26 heavy (non-hydrogen) atoms. The van der Waals surface area contributed by atoms with Gasteiger partial charge in [0.2, 0.25) is 0 Å². The number of aryl methyl sites for hydroxylation is 2. The Hall–Kier alpha value is -1.35. The van der Waals surface area contributed by atoms with E-state index < -0.39 is 0 Å². The fourth-order valence-corrected chi connectivity index (χ4v) is 2.73. The van der Waals surface area contributed by atoms with Crippen LogP contribution in [0, 0.1) is 6.92 Å². The number of guanidine groups is 1. The zero-order chi connectivity index (χ0) is 17.9. The number of rotatable bonds is 10. The molecule has 2 N–H and O–H groups in total. The van der Waals surface area contributed by atoms with E-state index in [9.17, 15) is 0 Å². The van der Waals surface area contributed by atoms with E-state index in [0.717, 1.165) is 56.4 Å². The number of nitrogens with one attached hydrogen (secondary N) is 2. The van der Waals surface area contributed by atoms with Crippen molar-refractivity contribution in [3.63, 3.8) is 0 Å². The van der Waals surface area contributed by atoms with Gasteiger partial charge in [0.05, 0.1) is 17.6 Å². The first-order valence-corrected chi connectivity index (χ1v) is 9.20. The molecule has 2 rings (SSSR count). The van der Waals surface area contributed by atoms with Crippen LogP contribution in [0.1, 0.15) is 32.0 Å². The third kappa shape index (κ3) is 7.11. The van der Waals surface area contributed by atoms with Crippen molar-refractivity contribution < 1.29 is 4.74 Å². The zero-order valence-electron chi connectivity index (χ0n) is 16.1. The normalized spacial score (nSPS) is 11.4. The van der Waals surface area contributed by atoms with E-state index in [2.05, 4.69) is 57.2 Å². The Morgan fingerprint density at radius 1 is 1.15 bits per heavy atom. The van der Waals surface area contributed by atoms with Gasteiger partial charge in [-0.05, 0) is 31.9 Å². The number of benzene rings is 1. The summed E-state index contributed by atoms with van der Waals surface area (Å²) in [7, 11) is 1.79. The largest absolute Gasteiger partial charge is 0.380 e. The van der Waals surface area contributed by atoms with E-state index in [0.29, 0.717) is 6.61 Å². The molecule has 0 aliphatic carbocycles. The standard InChI is InChI=1S/C19H31N5O.HI/c1-4-5-14-25-15-12-22-19(20-3)21-11-8-13-24-16(2)23-17-9-6-7-10-18(17)24;/h6-7,9-10H,4-5,8,11-15H2,1-3H3,(H2,20,21,22);1H. The molecule has 0 saturated carbocycles. The van der Waals surface area contributed by atoms with Gasteiger partial charge >= 0.3 is 0 Å². The number of aromatic nitrogens is 2. The van der Waals surface area contributed by atoms with Crippen LogP contribution in [-0.4, -0.2) is 48.9 Å². The van der Waals surface area contributed by atoms with Crippen LogP contribution in [0.15, 0.2) is 29.3 Å². The van der Waals surface area contributed by atoms with E-state index in [1.165, 1.54) is 11.9 Å². The Morgan fingerprint density at radius 3 is 2.69 bits per heavy atom. The average Bonchev–Trinajstić information content (AvgIpc) is 2.95. The second-order valence-corrected chi connectivity index (χ2v) is 6.04. The van der Waals surface area contributed by atoms with Gasteiger partial charge < -0.3 is 19.9 Å². The molecule has 7 heteroatoms. The van der Waals surface area contributed by atoms with Crippen LogP contribution in [0.5, 0.6) is 0 Å². The van der Waals surface area contributed by atoms with Crippen LogP contribution in [0.4, 0.5) is 0 Å². The van der Waals surface area contributed by atoms with Crippen molar-refractivity contribution in [2.45, 2.75) is 39.7 Å². The summed E-state index contributed by atoms with van der Waals surface area (Å²) < 4.78 is 7.81. The molecular weight excluding hydrogens is 441 g/mol. The number of fused-ring (bicyclic) bond motifs is 1. The first-order chi connectivity index (χ1) is 12.3. The van der Waals surface area contributed by atoms with Crippen molar-refractivity contribution >= 4 is 41.0 Å². The minimum Gasteiger partial charge on any atom is -0.380 e. The van der Waals surface area contributed by atoms with Crippen LogP contribution in [0.2, 0.25) is 0 Å². The number of para-hydroxylation sites is 2. The Bertz CT molecular complexity index is 671. The number of halogens is 1. The SMILES string of the molecule is CCCCOCCNC(=NC)NCCCn1c(C)nc2ccccc21.I. The van der Waals surface area contributed by atoms with Crippen molar-refractivity contribution in [3.8, 4) is 0 Å². The average molecular weight is 473 g/mol. The lowest BCUT2D eigenvalue weighted by Crippen LogP contribution is -2.39. The molecule has 1 aromatic heterocycles. The van der Waals surface area contributed by atoms with Gasteiger partial charge in [0, 0.05) is 33.3 Å². The molecular formula is C19H32IN5O. The lowest BCUT2D eigenvalue weighted by molar-refractivity contribution is 0.136. The first-order valence-electron chi connectivity index (χ1n) is 9.20. The highest BCUT2D eigenvalue weighted by Gasteiger charge is 2.06. The number of ether oxygens (including phenoxy) is 1. The van der Waals surface area contributed by atoms with E-state index in [-0.39, 0.29) is 24.0 Å². The summed E-state index contributed by atoms with van der Waals surface area (Å²) in [4.78, 5) is 8.85. The number of hydrogen-bond donors (Lipinski definition) is 2. The maximum atomic E-state index is 5.54. The summed E-state index contributed by atoms with van der Waals surface area (Å²) in [5, 5.41) is 6.63. The molecule has 0 amide bonds. The minimum atomic E-state index is 0. The summed E-state index contributed by atoms with van der Waals surface area (Å²) in [6.07, 6.45) is 3.30. The molecule has 6 nitrogen and oxygen atoms in total. The summed E-state index contributed by atoms with van der Waals surface area (Å²) in [5.74, 6) is 1.89. The van der Waals surface area contributed by atoms with Crippen molar-refractivity contribution in [1.29, 1.82) is 0 Å². The topological polar surface area (TPSA) is 63.5 Å². The lowest BCUT2D eigenvalue weighted by Gasteiger charge is -2.13. The van der Waals surface area contributed by atoms with Gasteiger partial charge in [0.1, 0.15) is 5.82 Å². The number of nitrogens with zero attached hydrogens (tertiary/aromatic N) is 3. The van der Waals surface area contributed by atoms with Crippen molar-refractivity contribution in [2.24, 2.45) is 4.99 Å². The van der Waals surface area contributed by atoms with Gasteiger partial charge in [0.25, 0.3) is 0 Å². The van der Waals surface area contributed by atoms with Crippen LogP contribution >= 0.6 is 24.0 Å². The molecule has 146 valence electrons. The minimum absolute atomic E-state index is 0. The van der Waals surface area contributed by atoms with Gasteiger partial charge in [0.15, 0.2) is 5.96 Å². The molecule has 0 atom stereocenters. The zero-order valence-corrected chi connectivity index (χ0v) is 18.5. The quantitative estimate of drug-likeness (QED) is 0.241. The molecule has 2 aromatic rings. The first kappa shape index (κ1) is 22.7. The fraction of sp³-hybridized carbons (Fsp3) is 0.579. The maximum absolute atomic E-state index is 5.54. The van der Waals surface area contributed by atoms with Gasteiger partial charge in [-0.15, -0.1) is 24.0 Å². The Balaban J connectivity index is 0.00000338. The molecule has 1 aromatic carbocycles. The van der Waals surface area contributed by atoms with E-state index >= 15 is 0 Å². The molecule has 0 spiro atoms. The maximum Gasteiger partial charge on any atom is 0.191 e. The predicted molar refractivity (Wildman–Crippen MR) is 120 cm³/mol. The predicted octanol–water partition coefficient (Wildman–Crippen LogP) is 3.33. The molecule has 0 aliphatic rings. The van der Waals surface area contributed by atoms with Crippen molar-refractivity contribution in [3.05, 3.63) is 30.1 Å². The molecule has 0 saturated heterocycles. The molecule has 0 fully saturated rings. The smallest absolute Gasteiger partial charge is 0.191 e. The van der Waals surface area contributed by atoms with Gasteiger partial charge in [-0.25, -0.2) is 4.98 Å². The number of aliphatic imine (C=N–C) groups is 1. The highest BCUT2D eigenvalue weighted by molar-refractivity contribution is 14.0. The Kier molecular flexibility index (Phi) is 11.3. The summed E-state index contributed by atoms with van der Waals surface area (Å²) in [5.41, 5.74) is 2.26. The Morgan fingerprint density at radius 2 is 1.92 bits per heavy atom. The van der Waals surface area contributed by atoms with Crippen LogP contribution < -0.4 is 10.6 Å². The van der Waals surface area contributed by atoms with Gasteiger partial charge in [-0.3, -0.25) is 4.99 Å². The second-order valence-electron chi connectivity index (χ2n) is 6.04. The molecule has 1 heterocycles. The summed E-state index contributed by atoms with van der Waals surface area (Å²) >= 11 is 0. The fourth-order valence-electron chi connectivity index (χ4n) is 2.73. The summed E-state index contributed by atoms with van der Waals surface area (Å²) in [6.45, 7) is 8.35. The number of imidazole rings is 1. The third-order valence-electron chi connectivity index (χ3n) is 4.10. The number of unbranched alkanes of at least 4 members (excludes halogenated alkanes) is 1. The lowest BCUT2D eigenvalue weighted by atomic mass is 10.3. The Labute approximate surface area is 173 Å². The van der Waals surface area contributed by atoms with E-state index in [1.54, 1.807) is 7.05 Å². The van der Waals surface area contributed by atoms with Crippen LogP contribution in [-0.2, 0) is 11.3 Å². The van der Waals surface area contributed by atoms with Crippen LogP contribution in [0.25, 0.3) is 11.0 Å². The molecule has 0 radical (unpaired) electrons. The highest BCUT2D eigenvalue weighted by Crippen LogP contribution is 2.15. The molecule has 0 aliphatic heterocycles. The molecule has 0 unspecified atom stereocenters. The summed E-state index contributed by atoms with van der Waals surface area (Å²) in [6, 6.07) is 8.28. The van der Waals surface area contributed by atoms with E-state index in [4.69, 9.17) is 4.74 Å². The van der Waals surface area contributed by atoms with E-state index in [1.807, 2.05) is 6.07 Å². The van der Waals surface area contributed by atoms with Crippen LogP contribution in [0.3, 0.4) is 0 Å². The van der Waals surface area contributed by atoms with Crippen molar-refractivity contribution in [2.75, 3.05) is 33.4 Å². The van der Waals surface area contributed by atoms with Gasteiger partial charge in [-0.2, -0.15) is 0 Å².